The summed E-state index contributed by atoms with van der Waals surface area (Å²) < 4.78 is 51.3. The van der Waals surface area contributed by atoms with Gasteiger partial charge in [0.2, 0.25) is 5.91 Å². The molecule has 2 bridgehead atoms. The molecule has 3 amide bonds. The maximum atomic E-state index is 14.8. The van der Waals surface area contributed by atoms with Gasteiger partial charge in [-0.05, 0) is 43.9 Å². The third-order valence-corrected chi connectivity index (χ3v) is 5.54. The third kappa shape index (κ3) is 5.34. The van der Waals surface area contributed by atoms with Crippen LogP contribution in [0, 0.1) is 11.7 Å². The van der Waals surface area contributed by atoms with Crippen LogP contribution < -0.4 is 20.9 Å². The average molecular weight is 430 g/mol. The summed E-state index contributed by atoms with van der Waals surface area (Å²) >= 11 is 0. The number of halogens is 4. The van der Waals surface area contributed by atoms with Crippen molar-refractivity contribution in [2.45, 2.75) is 63.8 Å². The first-order valence-corrected chi connectivity index (χ1v) is 10.0. The predicted molar refractivity (Wildman–Crippen MR) is 105 cm³/mol. The molecule has 0 radical (unpaired) electrons. The van der Waals surface area contributed by atoms with Crippen molar-refractivity contribution >= 4 is 23.3 Å². The molecule has 0 aliphatic carbocycles. The SMILES string of the molecule is CC(C)C(=O)NC1CC2CCC(C1)N2c1ccc(NC(=O)NCC(F)(F)F)cc1F. The summed E-state index contributed by atoms with van der Waals surface area (Å²) in [7, 11) is 0. The molecule has 2 saturated heterocycles. The normalized spacial score (nSPS) is 23.4. The largest absolute Gasteiger partial charge is 0.405 e. The van der Waals surface area contributed by atoms with Crippen molar-refractivity contribution in [3.8, 4) is 0 Å². The molecular formula is C20H26F4N4O2. The van der Waals surface area contributed by atoms with Crippen LogP contribution in [0.3, 0.4) is 0 Å². The molecule has 2 aliphatic heterocycles. The number of amides is 3. The Hall–Kier alpha value is -2.52. The van der Waals surface area contributed by atoms with E-state index in [0.717, 1.165) is 31.7 Å². The molecule has 0 saturated carbocycles. The van der Waals surface area contributed by atoms with Gasteiger partial charge in [-0.2, -0.15) is 13.2 Å². The topological polar surface area (TPSA) is 73.5 Å². The third-order valence-electron chi connectivity index (χ3n) is 5.54. The van der Waals surface area contributed by atoms with E-state index in [1.807, 2.05) is 18.7 Å². The smallest absolute Gasteiger partial charge is 0.363 e. The predicted octanol–water partition coefficient (Wildman–Crippen LogP) is 3.78. The number of alkyl halides is 3. The van der Waals surface area contributed by atoms with Crippen molar-refractivity contribution < 1.29 is 27.2 Å². The lowest BCUT2D eigenvalue weighted by molar-refractivity contribution is -0.125. The minimum Gasteiger partial charge on any atom is -0.363 e. The molecule has 3 N–H and O–H groups in total. The lowest BCUT2D eigenvalue weighted by atomic mass is 9.95. The summed E-state index contributed by atoms with van der Waals surface area (Å²) in [6, 6.07) is 3.32. The molecule has 1 aromatic carbocycles. The molecular weight excluding hydrogens is 404 g/mol. The van der Waals surface area contributed by atoms with Crippen LogP contribution in [0.5, 0.6) is 0 Å². The maximum absolute atomic E-state index is 14.8. The fourth-order valence-corrected chi connectivity index (χ4v) is 4.21. The standard InChI is InChI=1S/C20H26F4N4O2/c1-11(2)18(29)26-13-7-14-4-5-15(8-13)28(14)17-6-3-12(9-16(17)21)27-19(30)25-10-20(22,23)24/h3,6,9,11,13-15H,4-5,7-8,10H2,1-2H3,(H,26,29)(H2,25,27,30). The summed E-state index contributed by atoms with van der Waals surface area (Å²) in [5, 5.41) is 6.95. The number of nitrogens with one attached hydrogen (secondary N) is 3. The summed E-state index contributed by atoms with van der Waals surface area (Å²) in [6.07, 6.45) is -1.26. The van der Waals surface area contributed by atoms with Crippen molar-refractivity contribution in [1.29, 1.82) is 0 Å². The van der Waals surface area contributed by atoms with Crippen molar-refractivity contribution in [3.05, 3.63) is 24.0 Å². The highest BCUT2D eigenvalue weighted by atomic mass is 19.4. The van der Waals surface area contributed by atoms with Gasteiger partial charge in [0, 0.05) is 29.7 Å². The minimum atomic E-state index is -4.52. The number of nitrogens with zero attached hydrogens (tertiary/aromatic N) is 1. The molecule has 2 atom stereocenters. The zero-order valence-corrected chi connectivity index (χ0v) is 16.9. The number of carbonyl (C=O) groups is 2. The molecule has 30 heavy (non-hydrogen) atoms. The van der Waals surface area contributed by atoms with Gasteiger partial charge >= 0.3 is 12.2 Å². The van der Waals surface area contributed by atoms with Gasteiger partial charge in [-0.3, -0.25) is 4.79 Å². The number of urea groups is 1. The van der Waals surface area contributed by atoms with E-state index in [2.05, 4.69) is 10.6 Å². The van der Waals surface area contributed by atoms with E-state index in [4.69, 9.17) is 0 Å². The van der Waals surface area contributed by atoms with Gasteiger partial charge in [-0.1, -0.05) is 13.8 Å². The van der Waals surface area contributed by atoms with Gasteiger partial charge < -0.3 is 20.9 Å². The molecule has 166 valence electrons. The number of carbonyl (C=O) groups excluding carboxylic acids is 2. The van der Waals surface area contributed by atoms with Crippen molar-refractivity contribution in [1.82, 2.24) is 10.6 Å². The molecule has 0 aromatic heterocycles. The van der Waals surface area contributed by atoms with Crippen LogP contribution in [-0.4, -0.2) is 42.8 Å². The van der Waals surface area contributed by atoms with Crippen LogP contribution in [-0.2, 0) is 4.79 Å². The van der Waals surface area contributed by atoms with E-state index >= 15 is 0 Å². The van der Waals surface area contributed by atoms with Crippen LogP contribution in [0.25, 0.3) is 0 Å². The number of rotatable bonds is 5. The first kappa shape index (κ1) is 22.2. The lowest BCUT2D eigenvalue weighted by Gasteiger charge is -2.41. The van der Waals surface area contributed by atoms with Crippen LogP contribution in [0.4, 0.5) is 33.7 Å². The molecule has 10 heteroatoms. The monoisotopic (exact) mass is 430 g/mol. The fraction of sp³-hybridized carbons (Fsp3) is 0.600. The Morgan fingerprint density at radius 1 is 1.17 bits per heavy atom. The number of piperidine rings is 1. The minimum absolute atomic E-state index is 0.0123. The van der Waals surface area contributed by atoms with E-state index in [9.17, 15) is 27.2 Å². The number of hydrogen-bond acceptors (Lipinski definition) is 3. The summed E-state index contributed by atoms with van der Waals surface area (Å²) in [5.41, 5.74) is 0.472. The lowest BCUT2D eigenvalue weighted by Crippen LogP contribution is -2.51. The number of fused-ring (bicyclic) bond motifs is 2. The van der Waals surface area contributed by atoms with Gasteiger partial charge in [-0.15, -0.1) is 0 Å². The quantitative estimate of drug-likeness (QED) is 0.623. The number of benzene rings is 1. The van der Waals surface area contributed by atoms with Crippen molar-refractivity contribution in [2.24, 2.45) is 5.92 Å². The Kier molecular flexibility index (Phi) is 6.42. The molecule has 2 fully saturated rings. The van der Waals surface area contributed by atoms with Gasteiger partial charge in [0.05, 0.1) is 5.69 Å². The Morgan fingerprint density at radius 2 is 1.80 bits per heavy atom. The molecule has 2 unspecified atom stereocenters. The Balaban J connectivity index is 1.63. The average Bonchev–Trinajstić information content (AvgIpc) is 2.89. The van der Waals surface area contributed by atoms with E-state index in [-0.39, 0.29) is 35.6 Å². The fourth-order valence-electron chi connectivity index (χ4n) is 4.21. The molecule has 1 aromatic rings. The van der Waals surface area contributed by atoms with Crippen molar-refractivity contribution in [2.75, 3.05) is 16.8 Å². The zero-order valence-electron chi connectivity index (χ0n) is 16.9. The van der Waals surface area contributed by atoms with E-state index in [1.54, 1.807) is 5.32 Å². The first-order valence-electron chi connectivity index (χ1n) is 10.0. The van der Waals surface area contributed by atoms with Crippen LogP contribution in [0.2, 0.25) is 0 Å². The zero-order chi connectivity index (χ0) is 22.1. The van der Waals surface area contributed by atoms with Crippen LogP contribution in [0.15, 0.2) is 18.2 Å². The van der Waals surface area contributed by atoms with E-state index in [0.29, 0.717) is 5.69 Å². The highest BCUT2D eigenvalue weighted by molar-refractivity contribution is 5.89. The highest BCUT2D eigenvalue weighted by Gasteiger charge is 2.42. The van der Waals surface area contributed by atoms with E-state index in [1.165, 1.54) is 12.1 Å². The molecule has 0 spiro atoms. The summed E-state index contributed by atoms with van der Waals surface area (Å²) in [5.74, 6) is -0.630. The van der Waals surface area contributed by atoms with Gasteiger partial charge in [0.25, 0.3) is 0 Å². The highest BCUT2D eigenvalue weighted by Crippen LogP contribution is 2.40. The molecule has 2 aliphatic rings. The molecule has 3 rings (SSSR count). The molecule has 6 nitrogen and oxygen atoms in total. The van der Waals surface area contributed by atoms with Crippen LogP contribution >= 0.6 is 0 Å². The van der Waals surface area contributed by atoms with Gasteiger partial charge in [-0.25, -0.2) is 9.18 Å². The first-order chi connectivity index (χ1) is 14.0. The second-order valence-corrected chi connectivity index (χ2v) is 8.21. The molecule has 2 heterocycles. The van der Waals surface area contributed by atoms with Crippen LogP contribution in [0.1, 0.15) is 39.5 Å². The number of anilines is 2. The Labute approximate surface area is 172 Å². The summed E-state index contributed by atoms with van der Waals surface area (Å²) in [4.78, 5) is 25.6. The Bertz CT molecular complexity index is 786. The van der Waals surface area contributed by atoms with Gasteiger partial charge in [0.15, 0.2) is 0 Å². The Morgan fingerprint density at radius 3 is 2.33 bits per heavy atom. The maximum Gasteiger partial charge on any atom is 0.405 e. The second kappa shape index (κ2) is 8.69. The number of hydrogen-bond donors (Lipinski definition) is 3. The van der Waals surface area contributed by atoms with Crippen molar-refractivity contribution in [3.63, 3.8) is 0 Å². The van der Waals surface area contributed by atoms with E-state index < -0.39 is 24.6 Å². The second-order valence-electron chi connectivity index (χ2n) is 8.21. The summed E-state index contributed by atoms with van der Waals surface area (Å²) in [6.45, 7) is 2.21. The van der Waals surface area contributed by atoms with Gasteiger partial charge in [0.1, 0.15) is 12.4 Å².